The molecule has 11 heteroatoms. The van der Waals surface area contributed by atoms with Crippen molar-refractivity contribution in [2.75, 3.05) is 6.61 Å². The minimum atomic E-state index is -0.719. The monoisotopic (exact) mass is 520 g/mol. The number of carbonyl (C=O) groups excluding carboxylic acids is 1. The second kappa shape index (κ2) is 9.09. The summed E-state index contributed by atoms with van der Waals surface area (Å²) in [5, 5.41) is 1.84. The fourth-order valence-corrected chi connectivity index (χ4v) is 4.09. The van der Waals surface area contributed by atoms with Gasteiger partial charge in [0, 0.05) is 16.7 Å². The lowest BCUT2D eigenvalue weighted by atomic mass is 10.1. The Morgan fingerprint density at radius 2 is 2.04 bits per heavy atom. The van der Waals surface area contributed by atoms with Gasteiger partial charge in [-0.05, 0) is 30.0 Å². The molecule has 0 bridgehead atoms. The van der Waals surface area contributed by atoms with E-state index < -0.39 is 11.1 Å². The first-order valence-electron chi connectivity index (χ1n) is 7.86. The largest absolute Gasteiger partial charge is 0.466 e. The molecule has 1 aromatic heterocycles. The summed E-state index contributed by atoms with van der Waals surface area (Å²) in [6.45, 7) is 2.43. The average molecular weight is 522 g/mol. The Balaban J connectivity index is 0.00000261. The van der Waals surface area contributed by atoms with Crippen LogP contribution in [0.2, 0.25) is 0 Å². The molecule has 1 aliphatic heterocycles. The second-order valence-corrected chi connectivity index (χ2v) is 7.55. The minimum Gasteiger partial charge on any atom is -0.466 e. The number of nitrogens with two attached hydrogens (primary N) is 1. The van der Waals surface area contributed by atoms with Gasteiger partial charge in [-0.3, -0.25) is 14.4 Å². The van der Waals surface area contributed by atoms with E-state index in [1.165, 1.54) is 11.8 Å². The zero-order chi connectivity index (χ0) is 18.8. The number of carbonyl (C=O) groups is 1. The molecule has 0 radical (unpaired) electrons. The maximum Gasteiger partial charge on any atom is 0.314 e. The number of fused-ring (bicyclic) bond motifs is 1. The van der Waals surface area contributed by atoms with E-state index in [0.717, 1.165) is 15.7 Å². The van der Waals surface area contributed by atoms with Gasteiger partial charge in [-0.15, -0.1) is 17.0 Å². The maximum absolute atomic E-state index is 11.8. The summed E-state index contributed by atoms with van der Waals surface area (Å²) in [6.07, 6.45) is 0.119. The van der Waals surface area contributed by atoms with E-state index in [2.05, 4.69) is 25.9 Å². The molecule has 3 rings (SSSR count). The highest BCUT2D eigenvalue weighted by Crippen LogP contribution is 2.33. The Morgan fingerprint density at radius 1 is 1.33 bits per heavy atom. The van der Waals surface area contributed by atoms with E-state index in [9.17, 15) is 14.4 Å². The molecule has 0 saturated heterocycles. The number of hydrogen-bond acceptors (Lipinski definition) is 7. The molecule has 146 valence electrons. The summed E-state index contributed by atoms with van der Waals surface area (Å²) in [7, 11) is 0. The molecule has 0 spiro atoms. The van der Waals surface area contributed by atoms with Gasteiger partial charge < -0.3 is 25.3 Å². The molecule has 1 aromatic carbocycles. The zero-order valence-corrected chi connectivity index (χ0v) is 18.4. The van der Waals surface area contributed by atoms with Crippen molar-refractivity contribution in [1.82, 2.24) is 14.9 Å². The molecule has 1 atom stereocenters. The van der Waals surface area contributed by atoms with E-state index >= 15 is 0 Å². The fourth-order valence-electron chi connectivity index (χ4n) is 2.71. The van der Waals surface area contributed by atoms with Gasteiger partial charge in [0.2, 0.25) is 0 Å². The summed E-state index contributed by atoms with van der Waals surface area (Å²) in [6, 6.07) is 3.55. The lowest BCUT2D eigenvalue weighted by molar-refractivity contribution is -0.142. The van der Waals surface area contributed by atoms with Gasteiger partial charge in [0.1, 0.15) is 5.50 Å². The van der Waals surface area contributed by atoms with Crippen LogP contribution in [0.25, 0.3) is 11.0 Å². The van der Waals surface area contributed by atoms with Crippen LogP contribution in [0.4, 0.5) is 0 Å². The van der Waals surface area contributed by atoms with E-state index in [1.54, 1.807) is 13.0 Å². The molecule has 2 aromatic rings. The number of nitrogens with zero attached hydrogens (tertiary/aromatic N) is 1. The van der Waals surface area contributed by atoms with Crippen molar-refractivity contribution in [3.05, 3.63) is 54.0 Å². The number of thioether (sulfide) groups is 1. The first-order valence-corrected chi connectivity index (χ1v) is 9.59. The summed E-state index contributed by atoms with van der Waals surface area (Å²) < 4.78 is 5.75. The molecule has 2 heterocycles. The third-order valence-corrected chi connectivity index (χ3v) is 5.27. The number of H-pyrrole nitrogens is 2. The summed E-state index contributed by atoms with van der Waals surface area (Å²) in [4.78, 5) is 42.2. The van der Waals surface area contributed by atoms with Crippen LogP contribution >= 0.6 is 44.7 Å². The van der Waals surface area contributed by atoms with Crippen molar-refractivity contribution in [3.8, 4) is 0 Å². The number of hydrogen-bond donors (Lipinski definition) is 3. The topological polar surface area (TPSA) is 121 Å². The fraction of sp³-hybridized carbons (Fsp3) is 0.312. The predicted octanol–water partition coefficient (Wildman–Crippen LogP) is 2.14. The zero-order valence-electron chi connectivity index (χ0n) is 14.3. The Hall–Kier alpha value is -1.56. The number of nitrogens with one attached hydrogen (secondary N) is 2. The Labute approximate surface area is 177 Å². The molecule has 0 fully saturated rings. The first kappa shape index (κ1) is 21.7. The van der Waals surface area contributed by atoms with Crippen LogP contribution in [0.15, 0.2) is 37.3 Å². The van der Waals surface area contributed by atoms with Crippen LogP contribution in [-0.2, 0) is 16.1 Å². The standard InChI is InChI=1S/C16H17BrN4O4S.BrH/c1-2-25-12(22)5-10-7-26-16(18)21(10)6-8-3-9(17)4-11-13(8)20-15(24)14(23)19-11;/h3-4,7,16H,2,5-6,18H2,1H3,(H,19,23)(H,20,24);1H. The van der Waals surface area contributed by atoms with Gasteiger partial charge >= 0.3 is 17.1 Å². The average Bonchev–Trinajstić information content (AvgIpc) is 2.90. The van der Waals surface area contributed by atoms with Gasteiger partial charge in [-0.2, -0.15) is 0 Å². The number of rotatable bonds is 5. The van der Waals surface area contributed by atoms with Crippen molar-refractivity contribution < 1.29 is 9.53 Å². The van der Waals surface area contributed by atoms with Crippen molar-refractivity contribution in [3.63, 3.8) is 0 Å². The number of aromatic amines is 2. The highest BCUT2D eigenvalue weighted by molar-refractivity contribution is 9.10. The van der Waals surface area contributed by atoms with Crippen molar-refractivity contribution in [1.29, 1.82) is 0 Å². The third kappa shape index (κ3) is 4.84. The molecule has 0 aliphatic carbocycles. The lowest BCUT2D eigenvalue weighted by Gasteiger charge is -2.26. The first-order chi connectivity index (χ1) is 12.4. The van der Waals surface area contributed by atoms with Gasteiger partial charge in [-0.25, -0.2) is 0 Å². The Kier molecular flexibility index (Phi) is 7.32. The number of ether oxygens (including phenoxy) is 1. The van der Waals surface area contributed by atoms with Crippen molar-refractivity contribution >= 4 is 61.7 Å². The van der Waals surface area contributed by atoms with Crippen molar-refractivity contribution in [2.24, 2.45) is 5.73 Å². The quantitative estimate of drug-likeness (QED) is 0.407. The number of benzene rings is 1. The predicted molar refractivity (Wildman–Crippen MR) is 114 cm³/mol. The lowest BCUT2D eigenvalue weighted by Crippen LogP contribution is -2.36. The normalized spacial score (nSPS) is 16.2. The Bertz CT molecular complexity index is 1000. The summed E-state index contributed by atoms with van der Waals surface area (Å²) >= 11 is 4.81. The number of halogens is 2. The Morgan fingerprint density at radius 3 is 2.74 bits per heavy atom. The molecule has 1 aliphatic rings. The van der Waals surface area contributed by atoms with E-state index in [1.807, 2.05) is 16.4 Å². The molecule has 0 amide bonds. The van der Waals surface area contributed by atoms with Gasteiger partial charge in [0.05, 0.1) is 24.1 Å². The highest BCUT2D eigenvalue weighted by atomic mass is 79.9. The summed E-state index contributed by atoms with van der Waals surface area (Å²) in [5.41, 5.74) is 6.90. The summed E-state index contributed by atoms with van der Waals surface area (Å²) in [5.74, 6) is -0.324. The maximum atomic E-state index is 11.8. The molecule has 1 unspecified atom stereocenters. The molecule has 0 saturated carbocycles. The minimum absolute atomic E-state index is 0. The molecular formula is C16H18Br2N4O4S. The van der Waals surface area contributed by atoms with Crippen LogP contribution in [0, 0.1) is 0 Å². The third-order valence-electron chi connectivity index (χ3n) is 3.87. The van der Waals surface area contributed by atoms with Crippen LogP contribution in [0.1, 0.15) is 18.9 Å². The number of aromatic nitrogens is 2. The van der Waals surface area contributed by atoms with Gasteiger partial charge in [0.15, 0.2) is 0 Å². The van der Waals surface area contributed by atoms with E-state index in [4.69, 9.17) is 10.5 Å². The smallest absolute Gasteiger partial charge is 0.314 e. The molecule has 8 nitrogen and oxygen atoms in total. The van der Waals surface area contributed by atoms with Crippen LogP contribution in [-0.4, -0.2) is 32.9 Å². The van der Waals surface area contributed by atoms with Crippen LogP contribution in [0.3, 0.4) is 0 Å². The van der Waals surface area contributed by atoms with Gasteiger partial charge in [0.25, 0.3) is 0 Å². The van der Waals surface area contributed by atoms with Crippen LogP contribution < -0.4 is 16.9 Å². The number of esters is 1. The second-order valence-electron chi connectivity index (χ2n) is 5.64. The molecule has 27 heavy (non-hydrogen) atoms. The SMILES string of the molecule is Br.CCOC(=O)CC1=CSC(N)N1Cc1cc(Br)cc2[nH]c(=O)c(=O)[nH]c12. The molecule has 4 N–H and O–H groups in total. The van der Waals surface area contributed by atoms with E-state index in [0.29, 0.717) is 24.2 Å². The van der Waals surface area contributed by atoms with Crippen LogP contribution in [0.5, 0.6) is 0 Å². The van der Waals surface area contributed by atoms with Crippen molar-refractivity contribution in [2.45, 2.75) is 25.4 Å². The molecular weight excluding hydrogens is 504 g/mol. The van der Waals surface area contributed by atoms with Gasteiger partial charge in [-0.1, -0.05) is 27.7 Å². The van der Waals surface area contributed by atoms with E-state index in [-0.39, 0.29) is 34.9 Å². The highest BCUT2D eigenvalue weighted by Gasteiger charge is 2.26.